The minimum atomic E-state index is 0.827. The molecule has 0 bridgehead atoms. The van der Waals surface area contributed by atoms with E-state index < -0.39 is 0 Å². The fourth-order valence-electron chi connectivity index (χ4n) is 3.63. The topological polar surface area (TPSA) is 55.0 Å². The highest BCUT2D eigenvalue weighted by Gasteiger charge is 2.23. The lowest BCUT2D eigenvalue weighted by atomic mass is 9.86. The van der Waals surface area contributed by atoms with Gasteiger partial charge in [-0.1, -0.05) is 37.3 Å². The number of anilines is 1. The van der Waals surface area contributed by atoms with Crippen molar-refractivity contribution in [3.05, 3.63) is 66.1 Å². The Kier molecular flexibility index (Phi) is 4.20. The van der Waals surface area contributed by atoms with E-state index in [2.05, 4.69) is 58.2 Å². The molecule has 126 valence electrons. The molecule has 3 aromatic rings. The number of hydrogen-bond acceptors (Lipinski definition) is 4. The molecule has 0 fully saturated rings. The van der Waals surface area contributed by atoms with Gasteiger partial charge in [0.05, 0.1) is 11.9 Å². The molecule has 0 saturated heterocycles. The summed E-state index contributed by atoms with van der Waals surface area (Å²) in [6.07, 6.45) is 6.22. The Bertz CT molecular complexity index is 875. The average Bonchev–Trinajstić information content (AvgIpc) is 2.69. The first kappa shape index (κ1) is 15.8. The summed E-state index contributed by atoms with van der Waals surface area (Å²) in [6.45, 7) is 5.21. The average molecular weight is 330 g/mol. The number of fused-ring (bicyclic) bond motifs is 1. The molecular weight excluding hydrogens is 308 g/mol. The smallest absolute Gasteiger partial charge is 0.0906 e. The van der Waals surface area contributed by atoms with Crippen LogP contribution in [0, 0.1) is 0 Å². The quantitative estimate of drug-likeness (QED) is 0.743. The number of rotatable bonds is 3. The highest BCUT2D eigenvalue weighted by Crippen LogP contribution is 2.39. The third kappa shape index (κ3) is 2.89. The molecule has 1 aliphatic heterocycles. The van der Waals surface area contributed by atoms with Crippen LogP contribution in [0.3, 0.4) is 0 Å². The zero-order valence-electron chi connectivity index (χ0n) is 14.4. The van der Waals surface area contributed by atoms with Gasteiger partial charge in [0, 0.05) is 36.7 Å². The van der Waals surface area contributed by atoms with Crippen LogP contribution in [-0.4, -0.2) is 28.0 Å². The van der Waals surface area contributed by atoms with Crippen LogP contribution in [0.5, 0.6) is 0 Å². The van der Waals surface area contributed by atoms with Gasteiger partial charge in [0.15, 0.2) is 0 Å². The lowest BCUT2D eigenvalue weighted by molar-refractivity contribution is 0.269. The zero-order valence-corrected chi connectivity index (χ0v) is 14.4. The molecule has 1 aliphatic rings. The molecule has 4 heteroatoms. The van der Waals surface area contributed by atoms with E-state index in [1.165, 1.54) is 22.3 Å². The number of nitrogen functional groups attached to an aromatic ring is 1. The van der Waals surface area contributed by atoms with Crippen molar-refractivity contribution < 1.29 is 0 Å². The van der Waals surface area contributed by atoms with Crippen LogP contribution >= 0.6 is 0 Å². The van der Waals surface area contributed by atoms with Gasteiger partial charge in [0.2, 0.25) is 0 Å². The fourth-order valence-corrected chi connectivity index (χ4v) is 3.63. The second-order valence-electron chi connectivity index (χ2n) is 6.42. The summed E-state index contributed by atoms with van der Waals surface area (Å²) in [4.78, 5) is 11.1. The minimum absolute atomic E-state index is 0.827. The minimum Gasteiger partial charge on any atom is -0.398 e. The maximum absolute atomic E-state index is 6.61. The number of aromatic nitrogens is 2. The van der Waals surface area contributed by atoms with Crippen molar-refractivity contribution >= 4 is 5.69 Å². The third-order valence-electron chi connectivity index (χ3n) is 5.02. The molecule has 4 nitrogen and oxygen atoms in total. The van der Waals surface area contributed by atoms with Gasteiger partial charge < -0.3 is 5.73 Å². The summed E-state index contributed by atoms with van der Waals surface area (Å²) < 4.78 is 0. The van der Waals surface area contributed by atoms with Crippen LogP contribution in [0.1, 0.15) is 18.1 Å². The second kappa shape index (κ2) is 6.65. The molecule has 0 spiro atoms. The zero-order chi connectivity index (χ0) is 17.2. The highest BCUT2D eigenvalue weighted by molar-refractivity contribution is 5.85. The standard InChI is InChI=1S/C21H22N4/c1-2-25-11-8-16-17(15-6-4-3-5-7-15)12-18(21(22)19(16)14-25)20-13-23-9-10-24-20/h3-7,9-10,12-13H,2,8,11,14,22H2,1H3. The number of nitrogens with zero attached hydrogens (tertiary/aromatic N) is 3. The van der Waals surface area contributed by atoms with Gasteiger partial charge >= 0.3 is 0 Å². The fraction of sp³-hybridized carbons (Fsp3) is 0.238. The van der Waals surface area contributed by atoms with Gasteiger partial charge in [-0.2, -0.15) is 0 Å². The lowest BCUT2D eigenvalue weighted by Gasteiger charge is -2.31. The summed E-state index contributed by atoms with van der Waals surface area (Å²) >= 11 is 0. The van der Waals surface area contributed by atoms with Gasteiger partial charge in [-0.3, -0.25) is 14.9 Å². The van der Waals surface area contributed by atoms with E-state index in [4.69, 9.17) is 5.73 Å². The van der Waals surface area contributed by atoms with Crippen LogP contribution in [-0.2, 0) is 13.0 Å². The van der Waals surface area contributed by atoms with Crippen LogP contribution in [0.2, 0.25) is 0 Å². The molecule has 0 aliphatic carbocycles. The van der Waals surface area contributed by atoms with Crippen LogP contribution in [0.4, 0.5) is 5.69 Å². The monoisotopic (exact) mass is 330 g/mol. The van der Waals surface area contributed by atoms with Gasteiger partial charge in [0.1, 0.15) is 0 Å². The predicted molar refractivity (Wildman–Crippen MR) is 102 cm³/mol. The number of hydrogen-bond donors (Lipinski definition) is 1. The summed E-state index contributed by atoms with van der Waals surface area (Å²) in [5.41, 5.74) is 14.4. The molecule has 2 heterocycles. The van der Waals surface area contributed by atoms with Gasteiger partial charge in [-0.25, -0.2) is 0 Å². The highest BCUT2D eigenvalue weighted by atomic mass is 15.1. The molecule has 0 radical (unpaired) electrons. The van der Waals surface area contributed by atoms with Crippen LogP contribution in [0.15, 0.2) is 55.0 Å². The summed E-state index contributed by atoms with van der Waals surface area (Å²) in [7, 11) is 0. The molecule has 0 atom stereocenters. The molecule has 0 saturated carbocycles. The number of likely N-dealkylation sites (N-methyl/N-ethyl adjacent to an activating group) is 1. The van der Waals surface area contributed by atoms with Crippen LogP contribution < -0.4 is 5.73 Å². The second-order valence-corrected chi connectivity index (χ2v) is 6.42. The van der Waals surface area contributed by atoms with Crippen molar-refractivity contribution in [3.8, 4) is 22.4 Å². The van der Waals surface area contributed by atoms with E-state index in [0.29, 0.717) is 0 Å². The van der Waals surface area contributed by atoms with Crippen molar-refractivity contribution in [2.24, 2.45) is 0 Å². The third-order valence-corrected chi connectivity index (χ3v) is 5.02. The molecule has 2 aromatic carbocycles. The van der Waals surface area contributed by atoms with E-state index in [9.17, 15) is 0 Å². The van der Waals surface area contributed by atoms with E-state index >= 15 is 0 Å². The van der Waals surface area contributed by atoms with E-state index in [1.54, 1.807) is 18.6 Å². The summed E-state index contributed by atoms with van der Waals surface area (Å²) in [5.74, 6) is 0. The van der Waals surface area contributed by atoms with E-state index in [0.717, 1.165) is 43.0 Å². The summed E-state index contributed by atoms with van der Waals surface area (Å²) in [5, 5.41) is 0. The van der Waals surface area contributed by atoms with E-state index in [1.807, 2.05) is 0 Å². The Morgan fingerprint density at radius 1 is 1.08 bits per heavy atom. The van der Waals surface area contributed by atoms with Crippen molar-refractivity contribution in [2.75, 3.05) is 18.8 Å². The van der Waals surface area contributed by atoms with Crippen molar-refractivity contribution in [2.45, 2.75) is 19.9 Å². The predicted octanol–water partition coefficient (Wildman–Crippen LogP) is 3.77. The Labute approximate surface area is 148 Å². The maximum atomic E-state index is 6.61. The molecule has 4 rings (SSSR count). The molecular formula is C21H22N4. The van der Waals surface area contributed by atoms with Crippen LogP contribution in [0.25, 0.3) is 22.4 Å². The molecule has 1 aromatic heterocycles. The lowest BCUT2D eigenvalue weighted by Crippen LogP contribution is -2.31. The first-order valence-electron chi connectivity index (χ1n) is 8.76. The Balaban J connectivity index is 1.95. The Hall–Kier alpha value is -2.72. The van der Waals surface area contributed by atoms with Crippen molar-refractivity contribution in [1.29, 1.82) is 0 Å². The SMILES string of the molecule is CCN1CCc2c(-c3ccccc3)cc(-c3cnccn3)c(N)c2C1. The molecule has 0 amide bonds. The van der Waals surface area contributed by atoms with E-state index in [-0.39, 0.29) is 0 Å². The summed E-state index contributed by atoms with van der Waals surface area (Å²) in [6, 6.07) is 12.7. The number of nitrogens with two attached hydrogens (primary N) is 1. The first-order chi connectivity index (χ1) is 12.3. The first-order valence-corrected chi connectivity index (χ1v) is 8.76. The van der Waals surface area contributed by atoms with Gasteiger partial charge in [-0.15, -0.1) is 0 Å². The normalized spacial score (nSPS) is 14.3. The molecule has 25 heavy (non-hydrogen) atoms. The van der Waals surface area contributed by atoms with Gasteiger partial charge in [-0.05, 0) is 41.3 Å². The van der Waals surface area contributed by atoms with Gasteiger partial charge in [0.25, 0.3) is 0 Å². The maximum Gasteiger partial charge on any atom is 0.0906 e. The molecule has 0 unspecified atom stereocenters. The Morgan fingerprint density at radius 3 is 2.64 bits per heavy atom. The largest absolute Gasteiger partial charge is 0.398 e. The molecule has 2 N–H and O–H groups in total. The Morgan fingerprint density at radius 2 is 1.92 bits per heavy atom. The van der Waals surface area contributed by atoms with Crippen molar-refractivity contribution in [1.82, 2.24) is 14.9 Å². The number of benzene rings is 2. The van der Waals surface area contributed by atoms with Crippen molar-refractivity contribution in [3.63, 3.8) is 0 Å².